The van der Waals surface area contributed by atoms with Crippen LogP contribution in [0.4, 0.5) is 11.4 Å². The topological polar surface area (TPSA) is 74.3 Å². The Labute approximate surface area is 139 Å². The Kier molecular flexibility index (Phi) is 4.33. The summed E-state index contributed by atoms with van der Waals surface area (Å²) in [6.45, 7) is 4.43. The number of anilines is 2. The number of aromatic nitrogens is 1. The lowest BCUT2D eigenvalue weighted by molar-refractivity contribution is -0.255. The van der Waals surface area contributed by atoms with Crippen molar-refractivity contribution in [1.29, 1.82) is 0 Å². The third-order valence-electron chi connectivity index (χ3n) is 3.60. The van der Waals surface area contributed by atoms with E-state index in [0.29, 0.717) is 12.3 Å². The number of nitrogens with one attached hydrogen (secondary N) is 1. The number of aromatic carboxylic acids is 1. The fraction of sp³-hybridized carbons (Fsp3) is 0.158. The zero-order chi connectivity index (χ0) is 17.1. The van der Waals surface area contributed by atoms with Crippen molar-refractivity contribution >= 4 is 28.2 Å². The summed E-state index contributed by atoms with van der Waals surface area (Å²) in [5.41, 5.74) is 3.35. The second-order valence-corrected chi connectivity index (χ2v) is 5.42. The molecule has 3 rings (SSSR count). The zero-order valence-electron chi connectivity index (χ0n) is 13.5. The van der Waals surface area contributed by atoms with Gasteiger partial charge in [0, 0.05) is 22.5 Å². The maximum atomic E-state index is 11.0. The quantitative estimate of drug-likeness (QED) is 0.782. The summed E-state index contributed by atoms with van der Waals surface area (Å²) in [4.78, 5) is 15.5. The summed E-state index contributed by atoms with van der Waals surface area (Å²) in [5, 5.41) is 15.2. The van der Waals surface area contributed by atoms with E-state index in [4.69, 9.17) is 4.74 Å². The summed E-state index contributed by atoms with van der Waals surface area (Å²) in [5.74, 6) is -0.435. The van der Waals surface area contributed by atoms with Gasteiger partial charge < -0.3 is 20.0 Å². The van der Waals surface area contributed by atoms with Crippen LogP contribution in [0, 0.1) is 6.92 Å². The molecule has 1 aromatic heterocycles. The highest BCUT2D eigenvalue weighted by molar-refractivity contribution is 5.95. The second kappa shape index (κ2) is 6.58. The van der Waals surface area contributed by atoms with E-state index >= 15 is 0 Å². The number of benzene rings is 2. The second-order valence-electron chi connectivity index (χ2n) is 5.42. The number of hydrogen-bond acceptors (Lipinski definition) is 5. The molecule has 0 spiro atoms. The number of aryl methyl sites for hydroxylation is 1. The van der Waals surface area contributed by atoms with Crippen LogP contribution in [-0.2, 0) is 0 Å². The summed E-state index contributed by atoms with van der Waals surface area (Å²) in [6, 6.07) is 14.2. The van der Waals surface area contributed by atoms with Crippen molar-refractivity contribution in [2.45, 2.75) is 13.8 Å². The fourth-order valence-corrected chi connectivity index (χ4v) is 2.58. The molecule has 5 heteroatoms. The Morgan fingerprint density at radius 3 is 2.79 bits per heavy atom. The van der Waals surface area contributed by atoms with Gasteiger partial charge in [-0.15, -0.1) is 0 Å². The summed E-state index contributed by atoms with van der Waals surface area (Å²) in [6.07, 6.45) is 0. The van der Waals surface area contributed by atoms with Crippen LogP contribution in [0.25, 0.3) is 10.9 Å². The summed E-state index contributed by atoms with van der Waals surface area (Å²) < 4.78 is 5.56. The van der Waals surface area contributed by atoms with Crippen molar-refractivity contribution in [3.8, 4) is 5.75 Å². The number of carbonyl (C=O) groups is 1. The van der Waals surface area contributed by atoms with Gasteiger partial charge in [0.2, 0.25) is 0 Å². The van der Waals surface area contributed by atoms with Gasteiger partial charge in [0.1, 0.15) is 5.75 Å². The number of hydrogen-bond donors (Lipinski definition) is 1. The van der Waals surface area contributed by atoms with Crippen molar-refractivity contribution in [2.24, 2.45) is 0 Å². The van der Waals surface area contributed by atoms with E-state index in [1.54, 1.807) is 18.2 Å². The first-order valence-corrected chi connectivity index (χ1v) is 7.69. The maximum absolute atomic E-state index is 11.0. The van der Waals surface area contributed by atoms with Crippen molar-refractivity contribution in [2.75, 3.05) is 11.9 Å². The molecule has 5 nitrogen and oxygen atoms in total. The Balaban J connectivity index is 2.05. The van der Waals surface area contributed by atoms with Crippen LogP contribution < -0.4 is 15.2 Å². The van der Waals surface area contributed by atoms with Crippen molar-refractivity contribution in [3.05, 3.63) is 59.8 Å². The van der Waals surface area contributed by atoms with Gasteiger partial charge in [0.05, 0.1) is 18.1 Å². The molecule has 2 aromatic carbocycles. The molecule has 0 aliphatic rings. The van der Waals surface area contributed by atoms with E-state index < -0.39 is 5.97 Å². The first-order chi connectivity index (χ1) is 11.6. The molecule has 3 aromatic rings. The minimum Gasteiger partial charge on any atom is -0.545 e. The molecule has 24 heavy (non-hydrogen) atoms. The number of pyridine rings is 1. The van der Waals surface area contributed by atoms with Crippen LogP contribution in [0.15, 0.2) is 48.5 Å². The molecule has 0 bridgehead atoms. The smallest absolute Gasteiger partial charge is 0.120 e. The van der Waals surface area contributed by atoms with Crippen LogP contribution in [0.2, 0.25) is 0 Å². The van der Waals surface area contributed by atoms with E-state index in [0.717, 1.165) is 28.0 Å². The number of nitrogens with zero attached hydrogens (tertiary/aromatic N) is 1. The number of fused-ring (bicyclic) bond motifs is 1. The molecule has 0 saturated carbocycles. The fourth-order valence-electron chi connectivity index (χ4n) is 2.58. The molecule has 0 amide bonds. The van der Waals surface area contributed by atoms with E-state index in [1.807, 2.05) is 38.1 Å². The molecule has 1 heterocycles. The first-order valence-electron chi connectivity index (χ1n) is 7.69. The highest BCUT2D eigenvalue weighted by Gasteiger charge is 2.07. The molecular weight excluding hydrogens is 304 g/mol. The molecule has 0 unspecified atom stereocenters. The lowest BCUT2D eigenvalue weighted by Crippen LogP contribution is -2.22. The van der Waals surface area contributed by atoms with Gasteiger partial charge in [-0.05, 0) is 55.8 Å². The number of rotatable bonds is 5. The highest BCUT2D eigenvalue weighted by Crippen LogP contribution is 2.29. The zero-order valence-corrected chi connectivity index (χ0v) is 13.5. The SMILES string of the molecule is CCOc1ccc2nc(C)cc(Nc3cccc(C(=O)[O-])c3)c2c1. The Morgan fingerprint density at radius 2 is 2.04 bits per heavy atom. The van der Waals surface area contributed by atoms with Crippen LogP contribution in [-0.4, -0.2) is 17.6 Å². The third kappa shape index (κ3) is 3.30. The number of ether oxygens (including phenoxy) is 1. The Morgan fingerprint density at radius 1 is 1.21 bits per heavy atom. The average molecular weight is 321 g/mol. The van der Waals surface area contributed by atoms with Gasteiger partial charge in [-0.1, -0.05) is 12.1 Å². The van der Waals surface area contributed by atoms with E-state index in [2.05, 4.69) is 10.3 Å². The lowest BCUT2D eigenvalue weighted by atomic mass is 10.1. The van der Waals surface area contributed by atoms with Crippen molar-refractivity contribution < 1.29 is 14.6 Å². The third-order valence-corrected chi connectivity index (χ3v) is 3.60. The van der Waals surface area contributed by atoms with Crippen LogP contribution in [0.1, 0.15) is 23.0 Å². The first kappa shape index (κ1) is 15.8. The normalized spacial score (nSPS) is 10.6. The molecule has 0 radical (unpaired) electrons. The van der Waals surface area contributed by atoms with E-state index in [1.165, 1.54) is 6.07 Å². The number of carbonyl (C=O) groups excluding carboxylic acids is 1. The summed E-state index contributed by atoms with van der Waals surface area (Å²) in [7, 11) is 0. The predicted octanol–water partition coefficient (Wildman–Crippen LogP) is 3.05. The number of carboxylic acid groups (broad SMARTS) is 1. The molecule has 0 aliphatic heterocycles. The molecule has 0 saturated heterocycles. The van der Waals surface area contributed by atoms with E-state index in [9.17, 15) is 9.90 Å². The Hall–Kier alpha value is -3.08. The predicted molar refractivity (Wildman–Crippen MR) is 91.7 cm³/mol. The molecule has 1 N–H and O–H groups in total. The lowest BCUT2D eigenvalue weighted by Gasteiger charge is -2.13. The van der Waals surface area contributed by atoms with E-state index in [-0.39, 0.29) is 5.56 Å². The largest absolute Gasteiger partial charge is 0.545 e. The molecule has 0 aliphatic carbocycles. The minimum absolute atomic E-state index is 0.130. The van der Waals surface area contributed by atoms with Gasteiger partial charge in [-0.2, -0.15) is 0 Å². The van der Waals surface area contributed by atoms with Crippen molar-refractivity contribution in [3.63, 3.8) is 0 Å². The maximum Gasteiger partial charge on any atom is 0.120 e. The van der Waals surface area contributed by atoms with Gasteiger partial charge in [-0.25, -0.2) is 0 Å². The van der Waals surface area contributed by atoms with Crippen LogP contribution in [0.3, 0.4) is 0 Å². The average Bonchev–Trinajstić information content (AvgIpc) is 2.56. The summed E-state index contributed by atoms with van der Waals surface area (Å²) >= 11 is 0. The minimum atomic E-state index is -1.20. The van der Waals surface area contributed by atoms with Crippen LogP contribution >= 0.6 is 0 Å². The van der Waals surface area contributed by atoms with Gasteiger partial charge in [0.15, 0.2) is 0 Å². The Bertz CT molecular complexity index is 906. The molecule has 0 atom stereocenters. The van der Waals surface area contributed by atoms with Crippen molar-refractivity contribution in [1.82, 2.24) is 4.98 Å². The number of carboxylic acids is 1. The van der Waals surface area contributed by atoms with Gasteiger partial charge in [-0.3, -0.25) is 4.98 Å². The van der Waals surface area contributed by atoms with Gasteiger partial charge >= 0.3 is 0 Å². The molecule has 0 fully saturated rings. The molecular formula is C19H17N2O3-. The standard InChI is InChI=1S/C19H18N2O3/c1-3-24-15-7-8-17-16(11-15)18(9-12(2)20-17)21-14-6-4-5-13(10-14)19(22)23/h4-11H,3H2,1-2H3,(H,20,21)(H,22,23)/p-1. The monoisotopic (exact) mass is 321 g/mol. The van der Waals surface area contributed by atoms with Gasteiger partial charge in [0.25, 0.3) is 0 Å². The highest BCUT2D eigenvalue weighted by atomic mass is 16.5. The van der Waals surface area contributed by atoms with Crippen LogP contribution in [0.5, 0.6) is 5.75 Å². The molecule has 122 valence electrons.